The lowest BCUT2D eigenvalue weighted by molar-refractivity contribution is -0.118. The van der Waals surface area contributed by atoms with Gasteiger partial charge in [-0.25, -0.2) is 4.98 Å². The number of nitrogens with one attached hydrogen (secondary N) is 1. The highest BCUT2D eigenvalue weighted by atomic mass is 32.1. The topological polar surface area (TPSA) is 75.0 Å². The summed E-state index contributed by atoms with van der Waals surface area (Å²) in [5.41, 5.74) is 1.34. The number of benzene rings is 2. The fraction of sp³-hybridized carbons (Fsp3) is 0.0625. The zero-order chi connectivity index (χ0) is 15.4. The van der Waals surface area contributed by atoms with Gasteiger partial charge in [0, 0.05) is 0 Å². The number of aromatic nitrogens is 1. The fourth-order valence-corrected chi connectivity index (χ4v) is 2.77. The van der Waals surface area contributed by atoms with Crippen molar-refractivity contribution in [3.8, 4) is 11.8 Å². The molecule has 0 aliphatic rings. The van der Waals surface area contributed by atoms with Crippen LogP contribution in [-0.2, 0) is 4.79 Å². The monoisotopic (exact) mass is 309 g/mol. The molecule has 2 aromatic carbocycles. The molecule has 0 atom stereocenters. The first-order valence-electron chi connectivity index (χ1n) is 6.53. The lowest BCUT2D eigenvalue weighted by Crippen LogP contribution is -2.20. The maximum atomic E-state index is 11.9. The van der Waals surface area contributed by atoms with Crippen LogP contribution in [0.5, 0.6) is 5.75 Å². The second-order valence-corrected chi connectivity index (χ2v) is 5.49. The Bertz CT molecular complexity index is 834. The molecular weight excluding hydrogens is 298 g/mol. The molecule has 108 valence electrons. The normalized spacial score (nSPS) is 10.1. The van der Waals surface area contributed by atoms with Crippen LogP contribution < -0.4 is 10.1 Å². The summed E-state index contributed by atoms with van der Waals surface area (Å²) in [6, 6.07) is 16.4. The fourth-order valence-electron chi connectivity index (χ4n) is 1.89. The number of carbonyl (C=O) groups is 1. The SMILES string of the molecule is N#Cc1cccc(OCC(=O)Nc2nc3ccccc3s2)c1. The number of hydrogen-bond donors (Lipinski definition) is 1. The van der Waals surface area contributed by atoms with Crippen molar-refractivity contribution >= 4 is 32.6 Å². The second-order valence-electron chi connectivity index (χ2n) is 4.46. The number of thiazole rings is 1. The average molecular weight is 309 g/mol. The zero-order valence-corrected chi connectivity index (χ0v) is 12.3. The molecule has 0 aliphatic heterocycles. The summed E-state index contributed by atoms with van der Waals surface area (Å²) in [5, 5.41) is 12.1. The van der Waals surface area contributed by atoms with Crippen LogP contribution in [0.15, 0.2) is 48.5 Å². The first kappa shape index (κ1) is 14.0. The molecule has 1 heterocycles. The van der Waals surface area contributed by atoms with E-state index in [2.05, 4.69) is 10.3 Å². The van der Waals surface area contributed by atoms with Gasteiger partial charge in [0.05, 0.1) is 21.8 Å². The van der Waals surface area contributed by atoms with Gasteiger partial charge >= 0.3 is 0 Å². The Morgan fingerprint density at radius 3 is 2.95 bits per heavy atom. The Hall–Kier alpha value is -2.91. The Morgan fingerprint density at radius 2 is 2.14 bits per heavy atom. The van der Waals surface area contributed by atoms with Crippen molar-refractivity contribution < 1.29 is 9.53 Å². The highest BCUT2D eigenvalue weighted by molar-refractivity contribution is 7.22. The van der Waals surface area contributed by atoms with Crippen molar-refractivity contribution in [3.63, 3.8) is 0 Å². The number of carbonyl (C=O) groups excluding carboxylic acids is 1. The van der Waals surface area contributed by atoms with Gasteiger partial charge in [0.25, 0.3) is 5.91 Å². The lowest BCUT2D eigenvalue weighted by atomic mass is 10.2. The van der Waals surface area contributed by atoms with Gasteiger partial charge < -0.3 is 4.74 Å². The molecule has 1 N–H and O–H groups in total. The van der Waals surface area contributed by atoms with Gasteiger partial charge in [0.2, 0.25) is 0 Å². The maximum absolute atomic E-state index is 11.9. The Labute approximate surface area is 130 Å². The summed E-state index contributed by atoms with van der Waals surface area (Å²) in [4.78, 5) is 16.2. The van der Waals surface area contributed by atoms with Crippen LogP contribution in [0.4, 0.5) is 5.13 Å². The average Bonchev–Trinajstić information content (AvgIpc) is 2.95. The molecule has 3 rings (SSSR count). The van der Waals surface area contributed by atoms with Crippen LogP contribution in [0.2, 0.25) is 0 Å². The quantitative estimate of drug-likeness (QED) is 0.803. The largest absolute Gasteiger partial charge is 0.484 e. The molecule has 0 fully saturated rings. The van der Waals surface area contributed by atoms with E-state index in [1.807, 2.05) is 30.3 Å². The molecule has 0 radical (unpaired) electrons. The van der Waals surface area contributed by atoms with Gasteiger partial charge in [-0.15, -0.1) is 0 Å². The number of ether oxygens (including phenoxy) is 1. The molecule has 0 unspecified atom stereocenters. The molecule has 6 heteroatoms. The predicted molar refractivity (Wildman–Crippen MR) is 84.9 cm³/mol. The van der Waals surface area contributed by atoms with Crippen LogP contribution in [0, 0.1) is 11.3 Å². The van der Waals surface area contributed by atoms with Gasteiger partial charge in [-0.2, -0.15) is 5.26 Å². The van der Waals surface area contributed by atoms with E-state index in [-0.39, 0.29) is 12.5 Å². The van der Waals surface area contributed by atoms with Gasteiger partial charge in [-0.05, 0) is 30.3 Å². The van der Waals surface area contributed by atoms with E-state index in [9.17, 15) is 4.79 Å². The minimum Gasteiger partial charge on any atom is -0.484 e. The van der Waals surface area contributed by atoms with Gasteiger partial charge in [-0.3, -0.25) is 10.1 Å². The Morgan fingerprint density at radius 1 is 1.27 bits per heavy atom. The summed E-state index contributed by atoms with van der Waals surface area (Å²) >= 11 is 1.41. The van der Waals surface area contributed by atoms with Gasteiger partial charge in [0.15, 0.2) is 11.7 Å². The summed E-state index contributed by atoms with van der Waals surface area (Å²) in [7, 11) is 0. The number of nitrogens with zero attached hydrogens (tertiary/aromatic N) is 2. The summed E-state index contributed by atoms with van der Waals surface area (Å²) in [5.74, 6) is 0.194. The summed E-state index contributed by atoms with van der Waals surface area (Å²) in [6.07, 6.45) is 0. The van der Waals surface area contributed by atoms with E-state index >= 15 is 0 Å². The van der Waals surface area contributed by atoms with E-state index in [4.69, 9.17) is 10.00 Å². The third kappa shape index (κ3) is 3.22. The molecule has 1 amide bonds. The minimum atomic E-state index is -0.290. The van der Waals surface area contributed by atoms with E-state index in [0.717, 1.165) is 10.2 Å². The van der Waals surface area contributed by atoms with Crippen LogP contribution in [0.3, 0.4) is 0 Å². The van der Waals surface area contributed by atoms with Crippen molar-refractivity contribution in [2.24, 2.45) is 0 Å². The smallest absolute Gasteiger partial charge is 0.264 e. The molecule has 0 saturated heterocycles. The van der Waals surface area contributed by atoms with Crippen molar-refractivity contribution in [2.45, 2.75) is 0 Å². The van der Waals surface area contributed by atoms with Crippen LogP contribution in [-0.4, -0.2) is 17.5 Å². The highest BCUT2D eigenvalue weighted by Gasteiger charge is 2.08. The number of fused-ring (bicyclic) bond motifs is 1. The number of rotatable bonds is 4. The third-order valence-corrected chi connectivity index (χ3v) is 3.83. The van der Waals surface area contributed by atoms with Gasteiger partial charge in [-0.1, -0.05) is 29.5 Å². The van der Waals surface area contributed by atoms with E-state index < -0.39 is 0 Å². The van der Waals surface area contributed by atoms with Crippen molar-refractivity contribution in [1.82, 2.24) is 4.98 Å². The van der Waals surface area contributed by atoms with Crippen molar-refractivity contribution in [3.05, 3.63) is 54.1 Å². The third-order valence-electron chi connectivity index (χ3n) is 2.87. The van der Waals surface area contributed by atoms with E-state index in [1.165, 1.54) is 11.3 Å². The number of anilines is 1. The number of amides is 1. The first-order valence-corrected chi connectivity index (χ1v) is 7.34. The molecule has 0 saturated carbocycles. The molecule has 5 nitrogen and oxygen atoms in total. The predicted octanol–water partition coefficient (Wildman–Crippen LogP) is 3.19. The maximum Gasteiger partial charge on any atom is 0.264 e. The minimum absolute atomic E-state index is 0.134. The first-order chi connectivity index (χ1) is 10.7. The lowest BCUT2D eigenvalue weighted by Gasteiger charge is -2.05. The molecule has 3 aromatic rings. The van der Waals surface area contributed by atoms with Gasteiger partial charge in [0.1, 0.15) is 5.75 Å². The van der Waals surface area contributed by atoms with Crippen molar-refractivity contribution in [2.75, 3.05) is 11.9 Å². The summed E-state index contributed by atoms with van der Waals surface area (Å²) in [6.45, 7) is -0.134. The van der Waals surface area contributed by atoms with E-state index in [1.54, 1.807) is 24.3 Å². The zero-order valence-electron chi connectivity index (χ0n) is 11.4. The van der Waals surface area contributed by atoms with E-state index in [0.29, 0.717) is 16.4 Å². The molecule has 22 heavy (non-hydrogen) atoms. The molecule has 1 aromatic heterocycles. The number of hydrogen-bond acceptors (Lipinski definition) is 5. The standard InChI is InChI=1S/C16H11N3O2S/c17-9-11-4-3-5-12(8-11)21-10-15(20)19-16-18-13-6-1-2-7-14(13)22-16/h1-8H,10H2,(H,18,19,20). The molecular formula is C16H11N3O2S. The summed E-state index contributed by atoms with van der Waals surface area (Å²) < 4.78 is 6.38. The highest BCUT2D eigenvalue weighted by Crippen LogP contribution is 2.25. The number of nitriles is 1. The van der Waals surface area contributed by atoms with Crippen LogP contribution >= 0.6 is 11.3 Å². The molecule has 0 bridgehead atoms. The molecule has 0 aliphatic carbocycles. The Kier molecular flexibility index (Phi) is 3.99. The molecule has 0 spiro atoms. The van der Waals surface area contributed by atoms with Crippen LogP contribution in [0.25, 0.3) is 10.2 Å². The van der Waals surface area contributed by atoms with Crippen molar-refractivity contribution in [1.29, 1.82) is 5.26 Å². The second kappa shape index (κ2) is 6.24. The van der Waals surface area contributed by atoms with Crippen LogP contribution in [0.1, 0.15) is 5.56 Å². The number of para-hydroxylation sites is 1. The Balaban J connectivity index is 1.61.